The van der Waals surface area contributed by atoms with Gasteiger partial charge in [-0.05, 0) is 61.4 Å². The van der Waals surface area contributed by atoms with Gasteiger partial charge in [0.1, 0.15) is 11.4 Å². The summed E-state index contributed by atoms with van der Waals surface area (Å²) in [5.74, 6) is 0.737. The molecule has 4 rings (SSSR count). The summed E-state index contributed by atoms with van der Waals surface area (Å²) in [4.78, 5) is 28.0. The molecule has 3 aromatic rings. The van der Waals surface area contributed by atoms with Crippen molar-refractivity contribution in [3.05, 3.63) is 87.4 Å². The average molecular weight is 434 g/mol. The highest BCUT2D eigenvalue weighted by Crippen LogP contribution is 2.30. The van der Waals surface area contributed by atoms with Crippen LogP contribution in [0.25, 0.3) is 0 Å². The number of carbonyl (C=O) groups excluding carboxylic acids is 1. The van der Waals surface area contributed by atoms with Crippen molar-refractivity contribution < 1.29 is 14.1 Å². The van der Waals surface area contributed by atoms with Crippen LogP contribution in [0.2, 0.25) is 0 Å². The standard InChI is InChI=1S/C24H26N4O4/c1-17-5-6-19(14-18(17)2)24(29)27-11-9-26(10-12-27)20-7-8-23(28(30)31)22(15-20)25-16-21-4-3-13-32-21/h3-8,13-15,25H,9-12,16H2,1-2H3. The van der Waals surface area contributed by atoms with Crippen LogP contribution in [0.5, 0.6) is 0 Å². The van der Waals surface area contributed by atoms with E-state index in [-0.39, 0.29) is 11.6 Å². The van der Waals surface area contributed by atoms with Gasteiger partial charge in [0.2, 0.25) is 0 Å². The molecule has 0 bridgehead atoms. The molecule has 0 saturated carbocycles. The maximum atomic E-state index is 12.9. The number of carbonyl (C=O) groups is 1. The molecule has 2 aromatic carbocycles. The summed E-state index contributed by atoms with van der Waals surface area (Å²) in [7, 11) is 0. The zero-order valence-electron chi connectivity index (χ0n) is 18.2. The lowest BCUT2D eigenvalue weighted by molar-refractivity contribution is -0.384. The molecule has 0 radical (unpaired) electrons. The molecular formula is C24H26N4O4. The van der Waals surface area contributed by atoms with Crippen molar-refractivity contribution in [3.63, 3.8) is 0 Å². The van der Waals surface area contributed by atoms with Gasteiger partial charge in [-0.25, -0.2) is 0 Å². The predicted octanol–water partition coefficient (Wildman–Crippen LogP) is 4.38. The van der Waals surface area contributed by atoms with Crippen LogP contribution in [0.3, 0.4) is 0 Å². The van der Waals surface area contributed by atoms with Crippen LogP contribution in [0.4, 0.5) is 17.1 Å². The van der Waals surface area contributed by atoms with Gasteiger partial charge < -0.3 is 19.5 Å². The summed E-state index contributed by atoms with van der Waals surface area (Å²) in [6.07, 6.45) is 1.57. The van der Waals surface area contributed by atoms with Crippen LogP contribution < -0.4 is 10.2 Å². The van der Waals surface area contributed by atoms with Gasteiger partial charge in [-0.15, -0.1) is 0 Å². The molecule has 0 aliphatic carbocycles. The van der Waals surface area contributed by atoms with Gasteiger partial charge >= 0.3 is 0 Å². The predicted molar refractivity (Wildman–Crippen MR) is 123 cm³/mol. The molecule has 1 aliphatic rings. The zero-order valence-corrected chi connectivity index (χ0v) is 18.2. The summed E-state index contributed by atoms with van der Waals surface area (Å²) >= 11 is 0. The number of nitro groups is 1. The minimum atomic E-state index is -0.394. The van der Waals surface area contributed by atoms with Crippen molar-refractivity contribution in [2.24, 2.45) is 0 Å². The quantitative estimate of drug-likeness (QED) is 0.457. The van der Waals surface area contributed by atoms with Crippen molar-refractivity contribution in [1.29, 1.82) is 0 Å². The van der Waals surface area contributed by atoms with E-state index in [1.165, 1.54) is 11.6 Å². The van der Waals surface area contributed by atoms with Gasteiger partial charge in [0, 0.05) is 43.5 Å². The third kappa shape index (κ3) is 4.59. The Morgan fingerprint density at radius 3 is 2.50 bits per heavy atom. The first-order valence-corrected chi connectivity index (χ1v) is 10.6. The zero-order chi connectivity index (χ0) is 22.7. The number of piperazine rings is 1. The normalized spacial score (nSPS) is 13.8. The molecule has 32 heavy (non-hydrogen) atoms. The first kappa shape index (κ1) is 21.4. The molecule has 1 fully saturated rings. The maximum absolute atomic E-state index is 12.9. The lowest BCUT2D eigenvalue weighted by Gasteiger charge is -2.36. The number of anilines is 2. The second-order valence-corrected chi connectivity index (χ2v) is 7.97. The molecule has 2 heterocycles. The fourth-order valence-electron chi connectivity index (χ4n) is 3.84. The molecule has 8 heteroatoms. The summed E-state index contributed by atoms with van der Waals surface area (Å²) in [6.45, 7) is 6.91. The Bertz CT molecular complexity index is 1120. The van der Waals surface area contributed by atoms with E-state index in [2.05, 4.69) is 10.2 Å². The number of aryl methyl sites for hydroxylation is 2. The number of hydrogen-bond donors (Lipinski definition) is 1. The third-order valence-electron chi connectivity index (χ3n) is 5.90. The van der Waals surface area contributed by atoms with Crippen molar-refractivity contribution in [1.82, 2.24) is 4.90 Å². The van der Waals surface area contributed by atoms with E-state index < -0.39 is 4.92 Å². The summed E-state index contributed by atoms with van der Waals surface area (Å²) in [5.41, 5.74) is 4.33. The number of benzene rings is 2. The van der Waals surface area contributed by atoms with E-state index >= 15 is 0 Å². The van der Waals surface area contributed by atoms with E-state index in [1.54, 1.807) is 24.5 Å². The Morgan fingerprint density at radius 1 is 1.06 bits per heavy atom. The van der Waals surface area contributed by atoms with Gasteiger partial charge in [0.25, 0.3) is 11.6 Å². The number of nitrogens with one attached hydrogen (secondary N) is 1. The molecular weight excluding hydrogens is 408 g/mol. The van der Waals surface area contributed by atoms with Crippen molar-refractivity contribution in [3.8, 4) is 0 Å². The molecule has 0 spiro atoms. The lowest BCUT2D eigenvalue weighted by Crippen LogP contribution is -2.48. The number of nitro benzene ring substituents is 1. The van der Waals surface area contributed by atoms with Crippen LogP contribution in [-0.4, -0.2) is 41.9 Å². The van der Waals surface area contributed by atoms with Gasteiger partial charge in [-0.1, -0.05) is 6.07 Å². The van der Waals surface area contributed by atoms with E-state index in [9.17, 15) is 14.9 Å². The second kappa shape index (κ2) is 9.13. The van der Waals surface area contributed by atoms with Gasteiger partial charge in [-0.2, -0.15) is 0 Å². The fourth-order valence-corrected chi connectivity index (χ4v) is 3.84. The van der Waals surface area contributed by atoms with Crippen LogP contribution in [0.15, 0.2) is 59.2 Å². The number of hydrogen-bond acceptors (Lipinski definition) is 6. The Balaban J connectivity index is 1.44. The summed E-state index contributed by atoms with van der Waals surface area (Å²) in [6, 6.07) is 14.5. The molecule has 1 N–H and O–H groups in total. The highest BCUT2D eigenvalue weighted by atomic mass is 16.6. The minimum absolute atomic E-state index is 0.0175. The maximum Gasteiger partial charge on any atom is 0.292 e. The highest BCUT2D eigenvalue weighted by Gasteiger charge is 2.24. The fraction of sp³-hybridized carbons (Fsp3) is 0.292. The monoisotopic (exact) mass is 434 g/mol. The Labute approximate surface area is 186 Å². The minimum Gasteiger partial charge on any atom is -0.467 e. The molecule has 8 nitrogen and oxygen atoms in total. The van der Waals surface area contributed by atoms with Crippen LogP contribution in [0, 0.1) is 24.0 Å². The van der Waals surface area contributed by atoms with Crippen molar-refractivity contribution in [2.45, 2.75) is 20.4 Å². The topological polar surface area (TPSA) is 91.9 Å². The van der Waals surface area contributed by atoms with E-state index in [0.29, 0.717) is 49.7 Å². The number of rotatable bonds is 6. The van der Waals surface area contributed by atoms with Crippen LogP contribution in [0.1, 0.15) is 27.2 Å². The lowest BCUT2D eigenvalue weighted by atomic mass is 10.1. The van der Waals surface area contributed by atoms with Crippen molar-refractivity contribution in [2.75, 3.05) is 36.4 Å². The first-order chi connectivity index (χ1) is 15.4. The molecule has 1 aromatic heterocycles. The Hall–Kier alpha value is -3.81. The highest BCUT2D eigenvalue weighted by molar-refractivity contribution is 5.94. The van der Waals surface area contributed by atoms with Crippen LogP contribution in [-0.2, 0) is 6.54 Å². The third-order valence-corrected chi connectivity index (χ3v) is 5.90. The van der Waals surface area contributed by atoms with Gasteiger partial charge in [0.05, 0.1) is 17.7 Å². The first-order valence-electron chi connectivity index (χ1n) is 10.6. The Morgan fingerprint density at radius 2 is 1.84 bits per heavy atom. The summed E-state index contributed by atoms with van der Waals surface area (Å²) < 4.78 is 5.31. The Kier molecular flexibility index (Phi) is 6.11. The average Bonchev–Trinajstić information content (AvgIpc) is 3.32. The van der Waals surface area contributed by atoms with E-state index in [4.69, 9.17) is 4.42 Å². The second-order valence-electron chi connectivity index (χ2n) is 7.97. The summed E-state index contributed by atoms with van der Waals surface area (Å²) in [5, 5.41) is 14.6. The number of amides is 1. The van der Waals surface area contributed by atoms with Gasteiger partial charge in [-0.3, -0.25) is 14.9 Å². The molecule has 1 amide bonds. The van der Waals surface area contributed by atoms with Crippen LogP contribution >= 0.6 is 0 Å². The molecule has 166 valence electrons. The SMILES string of the molecule is Cc1ccc(C(=O)N2CCN(c3ccc([N+](=O)[O-])c(NCc4ccco4)c3)CC2)cc1C. The van der Waals surface area contributed by atoms with Crippen molar-refractivity contribution >= 4 is 23.0 Å². The molecule has 1 saturated heterocycles. The molecule has 0 atom stereocenters. The molecule has 1 aliphatic heterocycles. The van der Waals surface area contributed by atoms with Gasteiger partial charge in [0.15, 0.2) is 0 Å². The van der Waals surface area contributed by atoms with E-state index in [1.807, 2.05) is 43.0 Å². The number of nitrogens with zero attached hydrogens (tertiary/aromatic N) is 3. The van der Waals surface area contributed by atoms with E-state index in [0.717, 1.165) is 11.3 Å². The molecule has 0 unspecified atom stereocenters. The number of furan rings is 1. The smallest absolute Gasteiger partial charge is 0.292 e. The largest absolute Gasteiger partial charge is 0.467 e.